The second-order valence-corrected chi connectivity index (χ2v) is 5.82. The molecule has 1 aromatic rings. The highest BCUT2D eigenvalue weighted by atomic mass is 16.6. The molecule has 3 heterocycles. The van der Waals surface area contributed by atoms with E-state index >= 15 is 0 Å². The Kier molecular flexibility index (Phi) is 2.72. The van der Waals surface area contributed by atoms with Crippen LogP contribution in [0.25, 0.3) is 0 Å². The Labute approximate surface area is 130 Å². The zero-order valence-corrected chi connectivity index (χ0v) is 11.8. The molecule has 3 aliphatic heterocycles. The van der Waals surface area contributed by atoms with Crippen molar-refractivity contribution in [1.29, 1.82) is 0 Å². The molecular weight excluding hydrogens is 304 g/mol. The van der Waals surface area contributed by atoms with Crippen LogP contribution in [0, 0.1) is 22.0 Å². The molecule has 0 unspecified atom stereocenters. The number of anilines is 1. The number of nitro benzene ring substituents is 1. The van der Waals surface area contributed by atoms with E-state index in [0.29, 0.717) is 0 Å². The Bertz CT molecular complexity index is 775. The zero-order chi connectivity index (χ0) is 16.4. The topological polar surface area (TPSA) is 110 Å². The van der Waals surface area contributed by atoms with Gasteiger partial charge < -0.3 is 9.84 Å². The summed E-state index contributed by atoms with van der Waals surface area (Å²) in [4.78, 5) is 36.9. The predicted octanol–water partition coefficient (Wildman–Crippen LogP) is 0.400. The molecule has 23 heavy (non-hydrogen) atoms. The number of amides is 2. The largest absolute Gasteiger partial charge is 0.393 e. The van der Waals surface area contributed by atoms with E-state index < -0.39 is 46.9 Å². The average Bonchev–Trinajstić information content (AvgIpc) is 3.18. The van der Waals surface area contributed by atoms with Gasteiger partial charge in [0.15, 0.2) is 0 Å². The number of nitro groups is 1. The summed E-state index contributed by atoms with van der Waals surface area (Å²) in [5.41, 5.74) is -1.57. The maximum Gasteiger partial charge on any atom is 0.293 e. The van der Waals surface area contributed by atoms with Crippen LogP contribution in [0.4, 0.5) is 11.4 Å². The van der Waals surface area contributed by atoms with Crippen molar-refractivity contribution < 1.29 is 24.4 Å². The summed E-state index contributed by atoms with van der Waals surface area (Å²) >= 11 is 0. The molecule has 3 aliphatic rings. The molecule has 8 nitrogen and oxygen atoms in total. The minimum Gasteiger partial charge on any atom is -0.393 e. The molecule has 0 aromatic heterocycles. The van der Waals surface area contributed by atoms with E-state index in [1.165, 1.54) is 24.3 Å². The van der Waals surface area contributed by atoms with Crippen molar-refractivity contribution in [3.8, 4) is 0 Å². The van der Waals surface area contributed by atoms with Crippen LogP contribution >= 0.6 is 0 Å². The van der Waals surface area contributed by atoms with E-state index in [4.69, 9.17) is 4.74 Å². The van der Waals surface area contributed by atoms with Gasteiger partial charge in [-0.15, -0.1) is 0 Å². The van der Waals surface area contributed by atoms with Gasteiger partial charge in [0.05, 0.1) is 29.5 Å². The molecule has 2 bridgehead atoms. The third-order valence-electron chi connectivity index (χ3n) is 4.72. The number of aliphatic hydroxyl groups excluding tert-OH is 1. The minimum absolute atomic E-state index is 0.0469. The maximum atomic E-state index is 12.8. The van der Waals surface area contributed by atoms with Crippen LogP contribution in [-0.4, -0.2) is 40.2 Å². The standard InChI is InChI=1S/C15H12N2O6/c18-7-15-6-5-10(23-15)11-12(15)14(20)16(13(11)19)8-3-1-2-4-9(8)17(21)22/h1-6,10-12,18H,7H2/t10-,11+,12+,15+/m1/s1. The minimum atomic E-state index is -1.21. The molecule has 1 aromatic carbocycles. The van der Waals surface area contributed by atoms with E-state index in [1.807, 2.05) is 0 Å². The van der Waals surface area contributed by atoms with Crippen molar-refractivity contribution in [2.45, 2.75) is 11.7 Å². The number of para-hydroxylation sites is 2. The van der Waals surface area contributed by atoms with Gasteiger partial charge in [-0.1, -0.05) is 24.3 Å². The molecule has 1 N–H and O–H groups in total. The van der Waals surface area contributed by atoms with Crippen LogP contribution in [0.2, 0.25) is 0 Å². The summed E-state index contributed by atoms with van der Waals surface area (Å²) in [5, 5.41) is 20.8. The Hall–Kier alpha value is -2.58. The molecule has 0 saturated carbocycles. The molecule has 2 amide bonds. The highest BCUT2D eigenvalue weighted by molar-refractivity contribution is 6.24. The van der Waals surface area contributed by atoms with Gasteiger partial charge in [0, 0.05) is 6.07 Å². The van der Waals surface area contributed by atoms with Gasteiger partial charge in [-0.05, 0) is 6.07 Å². The number of ether oxygens (including phenoxy) is 1. The fraction of sp³-hybridized carbons (Fsp3) is 0.333. The maximum absolute atomic E-state index is 12.8. The molecule has 118 valence electrons. The SMILES string of the molecule is O=C1[C@@H]2[C@@H](C(=O)N1c1ccccc1[N+](=O)[O-])[C@@]1(CO)C=C[C@H]2O1. The van der Waals surface area contributed by atoms with Gasteiger partial charge in [0.1, 0.15) is 11.3 Å². The van der Waals surface area contributed by atoms with Crippen LogP contribution < -0.4 is 4.90 Å². The number of nitrogens with zero attached hydrogens (tertiary/aromatic N) is 2. The van der Waals surface area contributed by atoms with Gasteiger partial charge in [-0.25, -0.2) is 4.90 Å². The number of benzene rings is 1. The summed E-state index contributed by atoms with van der Waals surface area (Å²) in [6.45, 7) is -0.426. The van der Waals surface area contributed by atoms with Crippen molar-refractivity contribution in [1.82, 2.24) is 0 Å². The Morgan fingerprint density at radius 2 is 2.04 bits per heavy atom. The summed E-state index contributed by atoms with van der Waals surface area (Å²) in [7, 11) is 0. The molecule has 8 heteroatoms. The molecule has 0 spiro atoms. The highest BCUT2D eigenvalue weighted by Crippen LogP contribution is 2.52. The number of imide groups is 1. The number of carbonyl (C=O) groups excluding carboxylic acids is 2. The van der Waals surface area contributed by atoms with Crippen LogP contribution in [0.15, 0.2) is 36.4 Å². The number of carbonyl (C=O) groups is 2. The predicted molar refractivity (Wildman–Crippen MR) is 76.4 cm³/mol. The first-order chi connectivity index (χ1) is 11.0. The lowest BCUT2D eigenvalue weighted by molar-refractivity contribution is -0.384. The van der Waals surface area contributed by atoms with Crippen molar-refractivity contribution in [3.63, 3.8) is 0 Å². The average molecular weight is 316 g/mol. The van der Waals surface area contributed by atoms with Gasteiger partial charge in [0.2, 0.25) is 11.8 Å². The van der Waals surface area contributed by atoms with Crippen molar-refractivity contribution >= 4 is 23.2 Å². The monoisotopic (exact) mass is 316 g/mol. The third-order valence-corrected chi connectivity index (χ3v) is 4.72. The number of hydrogen-bond acceptors (Lipinski definition) is 6. The first-order valence-corrected chi connectivity index (χ1v) is 7.09. The van der Waals surface area contributed by atoms with Gasteiger partial charge in [-0.2, -0.15) is 0 Å². The third kappa shape index (κ3) is 1.61. The number of fused-ring (bicyclic) bond motifs is 5. The number of aliphatic hydroxyl groups is 1. The van der Waals surface area contributed by atoms with Crippen LogP contribution in [-0.2, 0) is 14.3 Å². The fourth-order valence-corrected chi connectivity index (χ4v) is 3.73. The first kappa shape index (κ1) is 14.0. The smallest absolute Gasteiger partial charge is 0.293 e. The normalized spacial score (nSPS) is 34.3. The lowest BCUT2D eigenvalue weighted by Gasteiger charge is -2.26. The van der Waals surface area contributed by atoms with Crippen molar-refractivity contribution in [2.24, 2.45) is 11.8 Å². The van der Waals surface area contributed by atoms with E-state index in [9.17, 15) is 24.8 Å². The highest BCUT2D eigenvalue weighted by Gasteiger charge is 2.68. The zero-order valence-electron chi connectivity index (χ0n) is 11.8. The van der Waals surface area contributed by atoms with Crippen LogP contribution in [0.1, 0.15) is 0 Å². The quantitative estimate of drug-likeness (QED) is 0.374. The van der Waals surface area contributed by atoms with E-state index in [1.54, 1.807) is 12.2 Å². The summed E-state index contributed by atoms with van der Waals surface area (Å²) < 4.78 is 5.62. The molecule has 4 atom stereocenters. The Morgan fingerprint density at radius 1 is 1.30 bits per heavy atom. The molecule has 2 saturated heterocycles. The molecule has 0 radical (unpaired) electrons. The van der Waals surface area contributed by atoms with Crippen LogP contribution in [0.3, 0.4) is 0 Å². The lowest BCUT2D eigenvalue weighted by Crippen LogP contribution is -2.43. The summed E-state index contributed by atoms with van der Waals surface area (Å²) in [5.74, 6) is -2.71. The summed E-state index contributed by atoms with van der Waals surface area (Å²) in [6, 6.07) is 5.62. The molecular formula is C15H12N2O6. The molecule has 0 aliphatic carbocycles. The molecule has 4 rings (SSSR count). The van der Waals surface area contributed by atoms with Crippen LogP contribution in [0.5, 0.6) is 0 Å². The number of hydrogen-bond donors (Lipinski definition) is 1. The first-order valence-electron chi connectivity index (χ1n) is 7.09. The van der Waals surface area contributed by atoms with Gasteiger partial charge in [-0.3, -0.25) is 19.7 Å². The Morgan fingerprint density at radius 3 is 2.74 bits per heavy atom. The second-order valence-electron chi connectivity index (χ2n) is 5.82. The Balaban J connectivity index is 1.82. The van der Waals surface area contributed by atoms with E-state index in [-0.39, 0.29) is 11.4 Å². The van der Waals surface area contributed by atoms with Crippen molar-refractivity contribution in [2.75, 3.05) is 11.5 Å². The molecule has 2 fully saturated rings. The summed E-state index contributed by atoms with van der Waals surface area (Å²) in [6.07, 6.45) is 2.68. The van der Waals surface area contributed by atoms with E-state index in [0.717, 1.165) is 4.90 Å². The van der Waals surface area contributed by atoms with Gasteiger partial charge >= 0.3 is 0 Å². The number of rotatable bonds is 3. The van der Waals surface area contributed by atoms with E-state index in [2.05, 4.69) is 0 Å². The van der Waals surface area contributed by atoms with Gasteiger partial charge in [0.25, 0.3) is 5.69 Å². The second kappa shape index (κ2) is 4.46. The van der Waals surface area contributed by atoms with Crippen molar-refractivity contribution in [3.05, 3.63) is 46.5 Å². The fourth-order valence-electron chi connectivity index (χ4n) is 3.73. The lowest BCUT2D eigenvalue weighted by atomic mass is 9.77.